The van der Waals surface area contributed by atoms with Crippen molar-refractivity contribution in [2.45, 2.75) is 12.8 Å². The van der Waals surface area contributed by atoms with Gasteiger partial charge < -0.3 is 4.74 Å². The van der Waals surface area contributed by atoms with Crippen LogP contribution in [0, 0.1) is 39.2 Å². The molecular formula is C18H16N2O5. The SMILES string of the molecule is COc1cc([N+](=O)[O-])ccc1N1C(=O)[C@@H]2[C@H](C1=O)[C@@H]1C=C[C@@H]2C12CC2. The van der Waals surface area contributed by atoms with Crippen molar-refractivity contribution < 1.29 is 19.2 Å². The minimum absolute atomic E-state index is 0.140. The predicted molar refractivity (Wildman–Crippen MR) is 86.9 cm³/mol. The van der Waals surface area contributed by atoms with E-state index in [1.54, 1.807) is 0 Å². The van der Waals surface area contributed by atoms with E-state index >= 15 is 0 Å². The number of anilines is 1. The summed E-state index contributed by atoms with van der Waals surface area (Å²) in [7, 11) is 1.37. The van der Waals surface area contributed by atoms with Crippen molar-refractivity contribution in [3.63, 3.8) is 0 Å². The monoisotopic (exact) mass is 340 g/mol. The molecule has 25 heavy (non-hydrogen) atoms. The van der Waals surface area contributed by atoms with Crippen LogP contribution in [0.2, 0.25) is 0 Å². The Bertz CT molecular complexity index is 838. The molecule has 1 spiro atoms. The number of nitrogens with zero attached hydrogens (tertiary/aromatic N) is 2. The third-order valence-electron chi connectivity index (χ3n) is 6.47. The summed E-state index contributed by atoms with van der Waals surface area (Å²) < 4.78 is 5.22. The van der Waals surface area contributed by atoms with E-state index in [9.17, 15) is 19.7 Å². The predicted octanol–water partition coefficient (Wildman–Crippen LogP) is 2.30. The van der Waals surface area contributed by atoms with Gasteiger partial charge in [0.25, 0.3) is 5.69 Å². The average Bonchev–Trinajstić information content (AvgIpc) is 3.20. The fraction of sp³-hybridized carbons (Fsp3) is 0.444. The van der Waals surface area contributed by atoms with E-state index in [1.807, 2.05) is 0 Å². The van der Waals surface area contributed by atoms with Crippen LogP contribution in [-0.2, 0) is 9.59 Å². The van der Waals surface area contributed by atoms with E-state index < -0.39 is 4.92 Å². The molecule has 0 radical (unpaired) electrons. The summed E-state index contributed by atoms with van der Waals surface area (Å²) in [5, 5.41) is 11.0. The zero-order valence-electron chi connectivity index (χ0n) is 13.5. The fourth-order valence-corrected chi connectivity index (χ4v) is 5.28. The number of carbonyl (C=O) groups is 2. The molecule has 7 nitrogen and oxygen atoms in total. The van der Waals surface area contributed by atoms with E-state index in [0.717, 1.165) is 12.8 Å². The summed E-state index contributed by atoms with van der Waals surface area (Å²) >= 11 is 0. The van der Waals surface area contributed by atoms with Crippen molar-refractivity contribution in [1.82, 2.24) is 0 Å². The van der Waals surface area contributed by atoms with Gasteiger partial charge in [-0.15, -0.1) is 0 Å². The van der Waals surface area contributed by atoms with Gasteiger partial charge in [-0.1, -0.05) is 12.2 Å². The maximum Gasteiger partial charge on any atom is 0.273 e. The molecule has 0 aromatic heterocycles. The maximum absolute atomic E-state index is 13.1. The van der Waals surface area contributed by atoms with Crippen molar-refractivity contribution in [3.05, 3.63) is 40.5 Å². The lowest BCUT2D eigenvalue weighted by atomic mass is 9.85. The number of imide groups is 1. The van der Waals surface area contributed by atoms with Crippen molar-refractivity contribution in [3.8, 4) is 5.75 Å². The van der Waals surface area contributed by atoms with Gasteiger partial charge in [-0.2, -0.15) is 0 Å². The van der Waals surface area contributed by atoms with Gasteiger partial charge in [-0.25, -0.2) is 4.90 Å². The van der Waals surface area contributed by atoms with E-state index in [-0.39, 0.29) is 52.3 Å². The van der Waals surface area contributed by atoms with E-state index in [1.165, 1.54) is 30.2 Å². The molecule has 0 N–H and O–H groups in total. The van der Waals surface area contributed by atoms with Crippen LogP contribution in [0.15, 0.2) is 30.4 Å². The summed E-state index contributed by atoms with van der Waals surface area (Å²) in [5.74, 6) is -0.552. The van der Waals surface area contributed by atoms with Crippen LogP contribution in [0.1, 0.15) is 12.8 Å². The Kier molecular flexibility index (Phi) is 2.62. The van der Waals surface area contributed by atoms with Crippen molar-refractivity contribution in [1.29, 1.82) is 0 Å². The molecule has 2 saturated carbocycles. The first-order chi connectivity index (χ1) is 12.0. The molecule has 1 aromatic rings. The molecule has 1 saturated heterocycles. The number of nitro benzene ring substituents is 1. The highest BCUT2D eigenvalue weighted by molar-refractivity contribution is 6.23. The van der Waals surface area contributed by atoms with Crippen LogP contribution < -0.4 is 9.64 Å². The number of amides is 2. The molecule has 1 aliphatic heterocycles. The van der Waals surface area contributed by atoms with Gasteiger partial charge in [-0.05, 0) is 36.2 Å². The Hall–Kier alpha value is -2.70. The van der Waals surface area contributed by atoms with Crippen LogP contribution in [0.3, 0.4) is 0 Å². The highest BCUT2D eigenvalue weighted by atomic mass is 16.6. The number of non-ortho nitro benzene ring substituents is 1. The third-order valence-corrected chi connectivity index (χ3v) is 6.47. The molecule has 5 rings (SSSR count). The zero-order chi connectivity index (χ0) is 17.5. The Morgan fingerprint density at radius 3 is 2.24 bits per heavy atom. The topological polar surface area (TPSA) is 89.8 Å². The summed E-state index contributed by atoms with van der Waals surface area (Å²) in [4.78, 5) is 37.7. The highest BCUT2D eigenvalue weighted by Crippen LogP contribution is 2.73. The number of benzene rings is 1. The summed E-state index contributed by atoms with van der Waals surface area (Å²) in [6.45, 7) is 0. The quantitative estimate of drug-likeness (QED) is 0.364. The smallest absolute Gasteiger partial charge is 0.273 e. The summed E-state index contributed by atoms with van der Waals surface area (Å²) in [5.41, 5.74) is 0.298. The number of fused-ring (bicyclic) bond motifs is 3. The Labute approximate surface area is 143 Å². The molecule has 4 atom stereocenters. The Morgan fingerprint density at radius 2 is 1.76 bits per heavy atom. The van der Waals surface area contributed by atoms with Gasteiger partial charge >= 0.3 is 0 Å². The van der Waals surface area contributed by atoms with Crippen molar-refractivity contribution >= 4 is 23.2 Å². The molecule has 2 amide bonds. The van der Waals surface area contributed by atoms with Crippen LogP contribution >= 0.6 is 0 Å². The first kappa shape index (κ1) is 14.6. The number of ether oxygens (including phenoxy) is 1. The molecule has 3 aliphatic carbocycles. The second-order valence-electron chi connectivity index (χ2n) is 7.35. The van der Waals surface area contributed by atoms with Gasteiger partial charge in [0.15, 0.2) is 0 Å². The Morgan fingerprint density at radius 1 is 1.16 bits per heavy atom. The van der Waals surface area contributed by atoms with Gasteiger partial charge in [0.1, 0.15) is 5.75 Å². The molecule has 4 aliphatic rings. The number of hydrogen-bond donors (Lipinski definition) is 0. The first-order valence-electron chi connectivity index (χ1n) is 8.38. The number of allylic oxidation sites excluding steroid dienone is 2. The molecule has 1 heterocycles. The summed E-state index contributed by atoms with van der Waals surface area (Å²) in [6, 6.07) is 3.97. The molecule has 7 heteroatoms. The standard InChI is InChI=1S/C18H16N2O5/c1-25-13-8-9(20(23)24)2-5-12(13)19-16(21)14-10-3-4-11(15(14)17(19)22)18(10)6-7-18/h2-5,8,10-11,14-15H,6-7H2,1H3/t10-,11-,14-,15+/m0/s1. The van der Waals surface area contributed by atoms with Crippen LogP contribution in [-0.4, -0.2) is 23.8 Å². The molecule has 128 valence electrons. The lowest BCUT2D eigenvalue weighted by Gasteiger charge is -2.22. The average molecular weight is 340 g/mol. The number of nitro groups is 1. The minimum atomic E-state index is -0.532. The lowest BCUT2D eigenvalue weighted by Crippen LogP contribution is -2.35. The normalized spacial score (nSPS) is 33.2. The highest BCUT2D eigenvalue weighted by Gasteiger charge is 2.73. The molecule has 2 bridgehead atoms. The fourth-order valence-electron chi connectivity index (χ4n) is 5.28. The third kappa shape index (κ3) is 1.61. The Balaban J connectivity index is 1.56. The minimum Gasteiger partial charge on any atom is -0.494 e. The molecule has 3 fully saturated rings. The van der Waals surface area contributed by atoms with E-state index in [2.05, 4.69) is 12.2 Å². The van der Waals surface area contributed by atoms with Gasteiger partial charge in [0.2, 0.25) is 11.8 Å². The molecular weight excluding hydrogens is 324 g/mol. The number of hydrogen-bond acceptors (Lipinski definition) is 5. The van der Waals surface area contributed by atoms with Crippen molar-refractivity contribution in [2.75, 3.05) is 12.0 Å². The van der Waals surface area contributed by atoms with Crippen LogP contribution in [0.5, 0.6) is 5.75 Å². The second-order valence-corrected chi connectivity index (χ2v) is 7.35. The second kappa shape index (κ2) is 4.47. The summed E-state index contributed by atoms with van der Waals surface area (Å²) in [6.07, 6.45) is 6.40. The number of carbonyl (C=O) groups excluding carboxylic acids is 2. The van der Waals surface area contributed by atoms with E-state index in [4.69, 9.17) is 4.74 Å². The molecule has 0 unspecified atom stereocenters. The van der Waals surface area contributed by atoms with Crippen molar-refractivity contribution in [2.24, 2.45) is 29.1 Å². The van der Waals surface area contributed by atoms with E-state index in [0.29, 0.717) is 5.69 Å². The lowest BCUT2D eigenvalue weighted by molar-refractivity contribution is -0.384. The zero-order valence-corrected chi connectivity index (χ0v) is 13.5. The van der Waals surface area contributed by atoms with Gasteiger partial charge in [0.05, 0.1) is 35.6 Å². The number of rotatable bonds is 3. The number of methoxy groups -OCH3 is 1. The maximum atomic E-state index is 13.1. The molecule has 1 aromatic carbocycles. The first-order valence-corrected chi connectivity index (χ1v) is 8.38. The van der Waals surface area contributed by atoms with Crippen LogP contribution in [0.25, 0.3) is 0 Å². The largest absolute Gasteiger partial charge is 0.494 e. The van der Waals surface area contributed by atoms with Gasteiger partial charge in [-0.3, -0.25) is 19.7 Å². The van der Waals surface area contributed by atoms with Gasteiger partial charge in [0, 0.05) is 6.07 Å². The van der Waals surface area contributed by atoms with Crippen LogP contribution in [0.4, 0.5) is 11.4 Å².